The van der Waals surface area contributed by atoms with E-state index in [1.807, 2.05) is 71.6 Å². The van der Waals surface area contributed by atoms with Crippen LogP contribution in [0.2, 0.25) is 0 Å². The van der Waals surface area contributed by atoms with Crippen molar-refractivity contribution in [1.29, 1.82) is 0 Å². The van der Waals surface area contributed by atoms with Crippen molar-refractivity contribution in [3.05, 3.63) is 78.8 Å². The number of nitrogens with one attached hydrogen (secondary N) is 2. The van der Waals surface area contributed by atoms with Gasteiger partial charge in [0.15, 0.2) is 11.5 Å². The third-order valence-electron chi connectivity index (χ3n) is 7.85. The van der Waals surface area contributed by atoms with Crippen molar-refractivity contribution in [2.45, 2.75) is 50.5 Å². The Labute approximate surface area is 227 Å². The zero-order valence-corrected chi connectivity index (χ0v) is 21.8. The van der Waals surface area contributed by atoms with Gasteiger partial charge >= 0.3 is 0 Å². The Morgan fingerprint density at radius 2 is 1.67 bits per heavy atom. The maximum absolute atomic E-state index is 13.8. The number of nitrogens with zero attached hydrogens (tertiary/aromatic N) is 2. The molecule has 2 amide bonds. The van der Waals surface area contributed by atoms with Crippen molar-refractivity contribution in [2.75, 3.05) is 23.3 Å². The highest BCUT2D eigenvalue weighted by Gasteiger charge is 2.41. The minimum atomic E-state index is -1.03. The van der Waals surface area contributed by atoms with E-state index in [0.29, 0.717) is 37.1 Å². The lowest BCUT2D eigenvalue weighted by atomic mass is 9.80. The number of hydrogen-bond acceptors (Lipinski definition) is 5. The van der Waals surface area contributed by atoms with Gasteiger partial charge in [0, 0.05) is 36.4 Å². The molecule has 2 N–H and O–H groups in total. The number of aromatic nitrogens is 1. The van der Waals surface area contributed by atoms with E-state index >= 15 is 0 Å². The lowest BCUT2D eigenvalue weighted by Gasteiger charge is -2.36. The fourth-order valence-electron chi connectivity index (χ4n) is 5.80. The smallest absolute Gasteiger partial charge is 0.287 e. The van der Waals surface area contributed by atoms with Gasteiger partial charge in [-0.2, -0.15) is 0 Å². The largest absolute Gasteiger partial charge is 0.451 e. The molecule has 8 heteroatoms. The molecule has 0 atom stereocenters. The van der Waals surface area contributed by atoms with Gasteiger partial charge in [0.2, 0.25) is 5.91 Å². The number of rotatable bonds is 6. The Bertz CT molecular complexity index is 1480. The van der Waals surface area contributed by atoms with Gasteiger partial charge in [-0.15, -0.1) is 0 Å². The standard InChI is InChI=1S/C31H32N4O4/c36-24-10-8-18-35(21-24)25-13-12-23(20-26(25)34-16-6-7-17-34)32-30(38)31(14-4-1-5-15-31)33-29(37)28-19-22-9-2-3-11-27(22)39-28/h2-3,6-7,9,11-13,16-17,19-20H,1,4-5,8,10,14-15,18,21H2,(H,32,38)(H,33,37). The predicted molar refractivity (Wildman–Crippen MR) is 150 cm³/mol. The molecule has 2 aromatic carbocycles. The first-order valence-electron chi connectivity index (χ1n) is 13.7. The fourth-order valence-corrected chi connectivity index (χ4v) is 5.80. The summed E-state index contributed by atoms with van der Waals surface area (Å²) < 4.78 is 7.76. The summed E-state index contributed by atoms with van der Waals surface area (Å²) in [6, 6.07) is 18.8. The Morgan fingerprint density at radius 1 is 0.872 bits per heavy atom. The summed E-state index contributed by atoms with van der Waals surface area (Å²) in [5, 5.41) is 6.98. The minimum absolute atomic E-state index is 0.198. The van der Waals surface area contributed by atoms with Crippen molar-refractivity contribution in [3.8, 4) is 5.69 Å². The molecule has 4 aromatic rings. The molecule has 3 heterocycles. The maximum atomic E-state index is 13.8. The second-order valence-corrected chi connectivity index (χ2v) is 10.6. The van der Waals surface area contributed by atoms with Crippen LogP contribution in [0.1, 0.15) is 55.5 Å². The van der Waals surface area contributed by atoms with Crippen molar-refractivity contribution < 1.29 is 18.8 Å². The highest BCUT2D eigenvalue weighted by molar-refractivity contribution is 6.04. The van der Waals surface area contributed by atoms with E-state index in [9.17, 15) is 14.4 Å². The molecule has 2 aliphatic rings. The summed E-state index contributed by atoms with van der Waals surface area (Å²) in [5.74, 6) is -0.187. The molecule has 1 aliphatic carbocycles. The molecular formula is C31H32N4O4. The number of hydrogen-bond donors (Lipinski definition) is 2. The number of carbonyl (C=O) groups is 3. The van der Waals surface area contributed by atoms with Crippen LogP contribution in [0.3, 0.4) is 0 Å². The number of Topliss-reactive ketones (excluding diaryl/α,β-unsaturated/α-hetero) is 1. The van der Waals surface area contributed by atoms with E-state index in [1.54, 1.807) is 6.07 Å². The van der Waals surface area contributed by atoms with Crippen LogP contribution in [0.4, 0.5) is 11.4 Å². The van der Waals surface area contributed by atoms with Crippen molar-refractivity contribution >= 4 is 39.9 Å². The van der Waals surface area contributed by atoms with Gasteiger partial charge in [-0.25, -0.2) is 0 Å². The molecule has 8 nitrogen and oxygen atoms in total. The van der Waals surface area contributed by atoms with E-state index in [4.69, 9.17) is 4.42 Å². The summed E-state index contributed by atoms with van der Waals surface area (Å²) in [4.78, 5) is 41.4. The van der Waals surface area contributed by atoms with Crippen LogP contribution >= 0.6 is 0 Å². The number of para-hydroxylation sites is 1. The van der Waals surface area contributed by atoms with Crippen molar-refractivity contribution in [3.63, 3.8) is 0 Å². The van der Waals surface area contributed by atoms with Gasteiger partial charge in [-0.3, -0.25) is 14.4 Å². The van der Waals surface area contributed by atoms with E-state index < -0.39 is 5.54 Å². The summed E-state index contributed by atoms with van der Waals surface area (Å²) in [5.41, 5.74) is 2.08. The zero-order chi connectivity index (χ0) is 26.8. The third kappa shape index (κ3) is 5.06. The highest BCUT2D eigenvalue weighted by atomic mass is 16.3. The average molecular weight is 525 g/mol. The lowest BCUT2D eigenvalue weighted by molar-refractivity contribution is -0.123. The molecule has 6 rings (SSSR count). The third-order valence-corrected chi connectivity index (χ3v) is 7.85. The summed E-state index contributed by atoms with van der Waals surface area (Å²) >= 11 is 0. The van der Waals surface area contributed by atoms with Gasteiger partial charge in [0.1, 0.15) is 11.1 Å². The van der Waals surface area contributed by atoms with Crippen LogP contribution < -0.4 is 15.5 Å². The Hall–Kier alpha value is -4.33. The second kappa shape index (κ2) is 10.4. The fraction of sp³-hybridized carbons (Fsp3) is 0.323. The summed E-state index contributed by atoms with van der Waals surface area (Å²) in [7, 11) is 0. The zero-order valence-electron chi connectivity index (χ0n) is 21.8. The quantitative estimate of drug-likeness (QED) is 0.349. The number of benzene rings is 2. The Kier molecular flexibility index (Phi) is 6.69. The normalized spacial score (nSPS) is 17.2. The molecule has 2 aromatic heterocycles. The minimum Gasteiger partial charge on any atom is -0.451 e. The monoisotopic (exact) mass is 524 g/mol. The van der Waals surface area contributed by atoms with Crippen molar-refractivity contribution in [2.24, 2.45) is 0 Å². The lowest BCUT2D eigenvalue weighted by Crippen LogP contribution is -2.57. The van der Waals surface area contributed by atoms with Gasteiger partial charge < -0.3 is 24.5 Å². The van der Waals surface area contributed by atoms with Crippen LogP contribution in [0.25, 0.3) is 16.7 Å². The number of anilines is 2. The molecule has 0 unspecified atom stereocenters. The van der Waals surface area contributed by atoms with Crippen LogP contribution in [0.5, 0.6) is 0 Å². The second-order valence-electron chi connectivity index (χ2n) is 10.6. The van der Waals surface area contributed by atoms with Crippen LogP contribution in [-0.4, -0.2) is 40.8 Å². The average Bonchev–Trinajstić information content (AvgIpc) is 3.64. The van der Waals surface area contributed by atoms with Crippen LogP contribution in [0, 0.1) is 0 Å². The van der Waals surface area contributed by atoms with Gasteiger partial charge in [-0.1, -0.05) is 37.5 Å². The van der Waals surface area contributed by atoms with E-state index in [2.05, 4.69) is 15.5 Å². The molecule has 1 aliphatic heterocycles. The number of fused-ring (bicyclic) bond motifs is 1. The maximum Gasteiger partial charge on any atom is 0.287 e. The molecule has 2 fully saturated rings. The van der Waals surface area contributed by atoms with Crippen LogP contribution in [-0.2, 0) is 9.59 Å². The topological polar surface area (TPSA) is 96.6 Å². The number of furan rings is 1. The molecule has 1 saturated heterocycles. The molecule has 0 bridgehead atoms. The number of piperidine rings is 1. The first-order chi connectivity index (χ1) is 19.0. The number of ketones is 1. The molecule has 39 heavy (non-hydrogen) atoms. The molecular weight excluding hydrogens is 492 g/mol. The first kappa shape index (κ1) is 25.0. The summed E-state index contributed by atoms with van der Waals surface area (Å²) in [6.45, 7) is 1.19. The van der Waals surface area contributed by atoms with Gasteiger partial charge in [0.25, 0.3) is 5.91 Å². The predicted octanol–water partition coefficient (Wildman–Crippen LogP) is 5.46. The van der Waals surface area contributed by atoms with Crippen molar-refractivity contribution in [1.82, 2.24) is 9.88 Å². The Balaban J connectivity index is 1.27. The highest BCUT2D eigenvalue weighted by Crippen LogP contribution is 2.33. The number of amides is 2. The number of carbonyl (C=O) groups excluding carboxylic acids is 3. The van der Waals surface area contributed by atoms with E-state index in [0.717, 1.165) is 49.0 Å². The van der Waals surface area contributed by atoms with Gasteiger partial charge in [0.05, 0.1) is 17.9 Å². The van der Waals surface area contributed by atoms with E-state index in [1.165, 1.54) is 0 Å². The molecule has 0 radical (unpaired) electrons. The first-order valence-corrected chi connectivity index (χ1v) is 13.7. The van der Waals surface area contributed by atoms with Crippen LogP contribution in [0.15, 0.2) is 77.5 Å². The van der Waals surface area contributed by atoms with Gasteiger partial charge in [-0.05, 0) is 61.7 Å². The summed E-state index contributed by atoms with van der Waals surface area (Å²) in [6.07, 6.45) is 9.19. The molecule has 200 valence electrons. The molecule has 0 spiro atoms. The van der Waals surface area contributed by atoms with E-state index in [-0.39, 0.29) is 23.4 Å². The molecule has 1 saturated carbocycles. The SMILES string of the molecule is O=C1CCCN(c2ccc(NC(=O)C3(NC(=O)c4cc5ccccc5o4)CCCCC3)cc2-n2cccc2)C1. The Morgan fingerprint density at radius 3 is 2.44 bits per heavy atom.